The molecule has 0 amide bonds. The zero-order valence-electron chi connectivity index (χ0n) is 13.7. The van der Waals surface area contributed by atoms with E-state index < -0.39 is 5.97 Å². The van der Waals surface area contributed by atoms with Crippen LogP contribution in [-0.4, -0.2) is 11.1 Å². The molecule has 0 heterocycles. The highest BCUT2D eigenvalue weighted by Crippen LogP contribution is 2.25. The fourth-order valence-electron chi connectivity index (χ4n) is 2.87. The molecule has 24 heavy (non-hydrogen) atoms. The summed E-state index contributed by atoms with van der Waals surface area (Å²) in [5.41, 5.74) is 4.28. The van der Waals surface area contributed by atoms with Crippen LogP contribution in [0.4, 0.5) is 0 Å². The van der Waals surface area contributed by atoms with E-state index in [0.29, 0.717) is 6.42 Å². The molecule has 3 aromatic carbocycles. The Labute approximate surface area is 142 Å². The maximum Gasteiger partial charge on any atom is 0.328 e. The monoisotopic (exact) mass is 316 g/mol. The van der Waals surface area contributed by atoms with Gasteiger partial charge in [-0.1, -0.05) is 66.2 Å². The molecule has 0 radical (unpaired) electrons. The van der Waals surface area contributed by atoms with Gasteiger partial charge in [-0.25, -0.2) is 4.79 Å². The Bertz CT molecular complexity index is 889. The summed E-state index contributed by atoms with van der Waals surface area (Å²) in [6.07, 6.45) is 2.86. The Kier molecular flexibility index (Phi) is 4.76. The van der Waals surface area contributed by atoms with Crippen LogP contribution in [0, 0.1) is 6.92 Å². The van der Waals surface area contributed by atoms with Crippen molar-refractivity contribution in [3.63, 3.8) is 0 Å². The summed E-state index contributed by atoms with van der Waals surface area (Å²) in [5, 5.41) is 11.5. The van der Waals surface area contributed by atoms with Crippen LogP contribution in [0.5, 0.6) is 0 Å². The van der Waals surface area contributed by atoms with Gasteiger partial charge in [0.05, 0.1) is 0 Å². The standard InChI is InChI=1S/C22H20O2/c1-16-6-8-17(9-7-16)10-11-21(15-22(23)24)20-13-12-18-4-2-3-5-19(18)14-20/h2-9,12-15H,10-11H2,1H3,(H,23,24)/b21-15-. The lowest BCUT2D eigenvalue weighted by Gasteiger charge is -2.09. The summed E-state index contributed by atoms with van der Waals surface area (Å²) >= 11 is 0. The minimum atomic E-state index is -0.901. The maximum absolute atomic E-state index is 11.2. The topological polar surface area (TPSA) is 37.3 Å². The molecule has 0 bridgehead atoms. The number of hydrogen-bond acceptors (Lipinski definition) is 1. The molecule has 0 saturated heterocycles. The van der Waals surface area contributed by atoms with Gasteiger partial charge in [-0.05, 0) is 53.3 Å². The van der Waals surface area contributed by atoms with Crippen LogP contribution in [0.3, 0.4) is 0 Å². The molecule has 3 aromatic rings. The molecular weight excluding hydrogens is 296 g/mol. The zero-order chi connectivity index (χ0) is 16.9. The third kappa shape index (κ3) is 3.90. The van der Waals surface area contributed by atoms with Crippen molar-refractivity contribution >= 4 is 22.3 Å². The van der Waals surface area contributed by atoms with Gasteiger partial charge in [0.2, 0.25) is 0 Å². The van der Waals surface area contributed by atoms with Crippen molar-refractivity contribution in [3.8, 4) is 0 Å². The number of allylic oxidation sites excluding steroid dienone is 1. The lowest BCUT2D eigenvalue weighted by molar-refractivity contribution is -0.131. The molecule has 0 atom stereocenters. The third-order valence-corrected chi connectivity index (χ3v) is 4.22. The van der Waals surface area contributed by atoms with Crippen LogP contribution < -0.4 is 0 Å². The number of fused-ring (bicyclic) bond motifs is 1. The predicted octanol–water partition coefficient (Wildman–Crippen LogP) is 5.25. The smallest absolute Gasteiger partial charge is 0.328 e. The molecule has 2 heteroatoms. The largest absolute Gasteiger partial charge is 0.478 e. The van der Waals surface area contributed by atoms with Crippen LogP contribution in [0.2, 0.25) is 0 Å². The highest BCUT2D eigenvalue weighted by Gasteiger charge is 2.06. The van der Waals surface area contributed by atoms with E-state index >= 15 is 0 Å². The average molecular weight is 316 g/mol. The molecule has 0 aliphatic rings. The van der Waals surface area contributed by atoms with Crippen LogP contribution >= 0.6 is 0 Å². The first kappa shape index (κ1) is 16.0. The van der Waals surface area contributed by atoms with E-state index in [4.69, 9.17) is 0 Å². The SMILES string of the molecule is Cc1ccc(CC/C(=C/C(=O)O)c2ccc3ccccc3c2)cc1. The number of carboxylic acids is 1. The fourth-order valence-corrected chi connectivity index (χ4v) is 2.87. The van der Waals surface area contributed by atoms with Gasteiger partial charge in [-0.15, -0.1) is 0 Å². The average Bonchev–Trinajstić information content (AvgIpc) is 2.59. The highest BCUT2D eigenvalue weighted by molar-refractivity contribution is 5.92. The van der Waals surface area contributed by atoms with Crippen LogP contribution in [0.15, 0.2) is 72.8 Å². The van der Waals surface area contributed by atoms with Gasteiger partial charge in [-0.2, -0.15) is 0 Å². The predicted molar refractivity (Wildman–Crippen MR) is 99.1 cm³/mol. The van der Waals surface area contributed by atoms with Crippen molar-refractivity contribution in [2.45, 2.75) is 19.8 Å². The van der Waals surface area contributed by atoms with E-state index in [2.05, 4.69) is 49.4 Å². The lowest BCUT2D eigenvalue weighted by atomic mass is 9.95. The van der Waals surface area contributed by atoms with Crippen molar-refractivity contribution in [3.05, 3.63) is 89.5 Å². The van der Waals surface area contributed by atoms with Crippen LogP contribution in [0.25, 0.3) is 16.3 Å². The molecule has 2 nitrogen and oxygen atoms in total. The van der Waals surface area contributed by atoms with E-state index in [-0.39, 0.29) is 0 Å². The van der Waals surface area contributed by atoms with E-state index in [1.165, 1.54) is 17.2 Å². The van der Waals surface area contributed by atoms with Crippen LogP contribution in [-0.2, 0) is 11.2 Å². The van der Waals surface area contributed by atoms with Gasteiger partial charge in [0, 0.05) is 6.08 Å². The van der Waals surface area contributed by atoms with Crippen molar-refractivity contribution in [2.75, 3.05) is 0 Å². The molecule has 0 aliphatic heterocycles. The minimum Gasteiger partial charge on any atom is -0.478 e. The number of carboxylic acid groups (broad SMARTS) is 1. The molecule has 0 spiro atoms. The normalized spacial score (nSPS) is 11.6. The van der Waals surface area contributed by atoms with Crippen LogP contribution in [0.1, 0.15) is 23.1 Å². The number of benzene rings is 3. The van der Waals surface area contributed by atoms with Gasteiger partial charge in [0.25, 0.3) is 0 Å². The molecule has 0 saturated carbocycles. The number of hydrogen-bond donors (Lipinski definition) is 1. The van der Waals surface area contributed by atoms with Crippen molar-refractivity contribution in [2.24, 2.45) is 0 Å². The number of aliphatic carboxylic acids is 1. The van der Waals surface area contributed by atoms with E-state index in [1.807, 2.05) is 24.3 Å². The molecule has 0 aliphatic carbocycles. The summed E-state index contributed by atoms with van der Waals surface area (Å²) in [5.74, 6) is -0.901. The van der Waals surface area contributed by atoms with Gasteiger partial charge >= 0.3 is 5.97 Å². The molecule has 1 N–H and O–H groups in total. The number of aryl methyl sites for hydroxylation is 2. The Morgan fingerprint density at radius 1 is 0.958 bits per heavy atom. The van der Waals surface area contributed by atoms with Crippen molar-refractivity contribution in [1.29, 1.82) is 0 Å². The van der Waals surface area contributed by atoms with Gasteiger partial charge in [0.1, 0.15) is 0 Å². The van der Waals surface area contributed by atoms with Crippen molar-refractivity contribution in [1.82, 2.24) is 0 Å². The third-order valence-electron chi connectivity index (χ3n) is 4.22. The quantitative estimate of drug-likeness (QED) is 0.653. The second-order valence-electron chi connectivity index (χ2n) is 6.06. The number of carbonyl (C=O) groups is 1. The summed E-state index contributed by atoms with van der Waals surface area (Å²) in [6, 6.07) is 22.6. The first-order valence-corrected chi connectivity index (χ1v) is 8.10. The summed E-state index contributed by atoms with van der Waals surface area (Å²) in [4.78, 5) is 11.2. The first-order chi connectivity index (χ1) is 11.6. The Morgan fingerprint density at radius 2 is 1.67 bits per heavy atom. The Hall–Kier alpha value is -2.87. The Balaban J connectivity index is 1.87. The van der Waals surface area contributed by atoms with Crippen molar-refractivity contribution < 1.29 is 9.90 Å². The number of rotatable bonds is 5. The minimum absolute atomic E-state index is 0.702. The molecule has 0 fully saturated rings. The molecule has 120 valence electrons. The maximum atomic E-state index is 11.2. The first-order valence-electron chi connectivity index (χ1n) is 8.10. The summed E-state index contributed by atoms with van der Waals surface area (Å²) < 4.78 is 0. The van der Waals surface area contributed by atoms with E-state index in [1.54, 1.807) is 0 Å². The zero-order valence-corrected chi connectivity index (χ0v) is 13.7. The highest BCUT2D eigenvalue weighted by atomic mass is 16.4. The summed E-state index contributed by atoms with van der Waals surface area (Å²) in [7, 11) is 0. The molecule has 0 aromatic heterocycles. The lowest BCUT2D eigenvalue weighted by Crippen LogP contribution is -1.95. The second kappa shape index (κ2) is 7.14. The molecule has 0 unspecified atom stereocenters. The van der Waals surface area contributed by atoms with Gasteiger partial charge < -0.3 is 5.11 Å². The van der Waals surface area contributed by atoms with E-state index in [9.17, 15) is 9.90 Å². The fraction of sp³-hybridized carbons (Fsp3) is 0.136. The van der Waals surface area contributed by atoms with Gasteiger partial charge in [-0.3, -0.25) is 0 Å². The molecular formula is C22H20O2. The Morgan fingerprint density at radius 3 is 2.38 bits per heavy atom. The molecule has 3 rings (SSSR count). The van der Waals surface area contributed by atoms with Gasteiger partial charge in [0.15, 0.2) is 0 Å². The summed E-state index contributed by atoms with van der Waals surface area (Å²) in [6.45, 7) is 2.06. The van der Waals surface area contributed by atoms with E-state index in [0.717, 1.165) is 28.3 Å². The second-order valence-corrected chi connectivity index (χ2v) is 6.06.